The first-order valence-corrected chi connectivity index (χ1v) is 11.2. The van der Waals surface area contributed by atoms with E-state index in [0.717, 1.165) is 11.3 Å². The number of hydrogen-bond acceptors (Lipinski definition) is 8. The highest BCUT2D eigenvalue weighted by atomic mass is 19.3. The van der Waals surface area contributed by atoms with Crippen LogP contribution in [0.15, 0.2) is 61.3 Å². The van der Waals surface area contributed by atoms with E-state index < -0.39 is 6.61 Å². The number of benzene rings is 2. The fourth-order valence-electron chi connectivity index (χ4n) is 3.58. The summed E-state index contributed by atoms with van der Waals surface area (Å²) in [5.41, 5.74) is 3.09. The lowest BCUT2D eigenvalue weighted by atomic mass is 10.2. The van der Waals surface area contributed by atoms with Crippen LogP contribution >= 0.6 is 0 Å². The van der Waals surface area contributed by atoms with Crippen molar-refractivity contribution in [1.29, 1.82) is 0 Å². The molecule has 2 aromatic carbocycles. The maximum atomic E-state index is 13.2. The second-order valence-electron chi connectivity index (χ2n) is 7.91. The lowest BCUT2D eigenvalue weighted by Gasteiger charge is -2.29. The van der Waals surface area contributed by atoms with E-state index in [1.165, 1.54) is 6.08 Å². The van der Waals surface area contributed by atoms with E-state index in [2.05, 4.69) is 32.5 Å². The quantitative estimate of drug-likeness (QED) is 0.362. The number of aromatic nitrogens is 2. The predicted molar refractivity (Wildman–Crippen MR) is 135 cm³/mol. The van der Waals surface area contributed by atoms with Gasteiger partial charge in [-0.1, -0.05) is 12.6 Å². The van der Waals surface area contributed by atoms with Crippen LogP contribution in [0, 0.1) is 6.92 Å². The summed E-state index contributed by atoms with van der Waals surface area (Å²) in [6.45, 7) is 4.75. The van der Waals surface area contributed by atoms with Crippen molar-refractivity contribution in [2.24, 2.45) is 0 Å². The highest BCUT2D eigenvalue weighted by Gasteiger charge is 2.17. The maximum Gasteiger partial charge on any atom is 0.387 e. The molecule has 2 heterocycles. The summed E-state index contributed by atoms with van der Waals surface area (Å²) in [7, 11) is 0. The number of halogens is 2. The number of hydrogen-bond donors (Lipinski definition) is 3. The van der Waals surface area contributed by atoms with Crippen LogP contribution in [-0.4, -0.2) is 48.8 Å². The molecule has 9 nitrogen and oxygen atoms in total. The largest absolute Gasteiger partial charge is 0.433 e. The minimum Gasteiger partial charge on any atom is -0.433 e. The molecule has 3 aromatic rings. The SMILES string of the molecule is C=CC(=O)Nc1cccc(Nc2nc(Nc3ccc(N4CCOCC4)cc3OC(F)F)ncc2C)c1. The van der Waals surface area contributed by atoms with Crippen molar-refractivity contribution in [3.63, 3.8) is 0 Å². The predicted octanol–water partition coefficient (Wildman–Crippen LogP) is 4.83. The van der Waals surface area contributed by atoms with Crippen molar-refractivity contribution < 1.29 is 23.0 Å². The summed E-state index contributed by atoms with van der Waals surface area (Å²) in [5.74, 6) is 0.357. The van der Waals surface area contributed by atoms with Crippen molar-refractivity contribution in [1.82, 2.24) is 9.97 Å². The van der Waals surface area contributed by atoms with Gasteiger partial charge in [0.05, 0.1) is 18.9 Å². The van der Waals surface area contributed by atoms with E-state index in [1.807, 2.05) is 24.0 Å². The number of rotatable bonds is 9. The van der Waals surface area contributed by atoms with Gasteiger partial charge in [0, 0.05) is 48.0 Å². The number of ether oxygens (including phenoxy) is 2. The molecule has 0 bridgehead atoms. The zero-order chi connectivity index (χ0) is 25.5. The van der Waals surface area contributed by atoms with Gasteiger partial charge in [0.15, 0.2) is 5.75 Å². The summed E-state index contributed by atoms with van der Waals surface area (Å²) in [4.78, 5) is 22.4. The van der Waals surface area contributed by atoms with Gasteiger partial charge in [0.2, 0.25) is 11.9 Å². The molecule has 1 amide bonds. The first kappa shape index (κ1) is 24.9. The highest BCUT2D eigenvalue weighted by Crippen LogP contribution is 2.33. The summed E-state index contributed by atoms with van der Waals surface area (Å²) < 4.78 is 36.4. The van der Waals surface area contributed by atoms with E-state index in [1.54, 1.807) is 36.5 Å². The third-order valence-electron chi connectivity index (χ3n) is 5.35. The van der Waals surface area contributed by atoms with Gasteiger partial charge in [-0.25, -0.2) is 4.98 Å². The molecule has 1 fully saturated rings. The zero-order valence-electron chi connectivity index (χ0n) is 19.6. The Kier molecular flexibility index (Phi) is 7.91. The molecule has 0 spiro atoms. The Bertz CT molecular complexity index is 1230. The van der Waals surface area contributed by atoms with Crippen LogP contribution in [0.25, 0.3) is 0 Å². The summed E-state index contributed by atoms with van der Waals surface area (Å²) >= 11 is 0. The normalized spacial score (nSPS) is 13.3. The van der Waals surface area contributed by atoms with Crippen LogP contribution in [0.5, 0.6) is 5.75 Å². The van der Waals surface area contributed by atoms with Crippen molar-refractivity contribution in [3.8, 4) is 5.75 Å². The zero-order valence-corrected chi connectivity index (χ0v) is 19.6. The lowest BCUT2D eigenvalue weighted by molar-refractivity contribution is -0.111. The average molecular weight is 497 g/mol. The van der Waals surface area contributed by atoms with E-state index in [-0.39, 0.29) is 17.6 Å². The van der Waals surface area contributed by atoms with E-state index in [0.29, 0.717) is 49.2 Å². The molecule has 11 heteroatoms. The number of alkyl halides is 2. The molecular formula is C25H26F2N6O3. The Morgan fingerprint density at radius 3 is 2.69 bits per heavy atom. The molecule has 1 aliphatic rings. The summed E-state index contributed by atoms with van der Waals surface area (Å²) in [6.07, 6.45) is 2.79. The molecule has 1 saturated heterocycles. The molecule has 36 heavy (non-hydrogen) atoms. The molecule has 188 valence electrons. The second kappa shape index (κ2) is 11.5. The number of anilines is 6. The van der Waals surface area contributed by atoms with Crippen LogP contribution < -0.4 is 25.6 Å². The Labute approximate surface area is 207 Å². The minimum absolute atomic E-state index is 0.0154. The topological polar surface area (TPSA) is 101 Å². The van der Waals surface area contributed by atoms with Crippen molar-refractivity contribution in [2.75, 3.05) is 47.2 Å². The van der Waals surface area contributed by atoms with Crippen molar-refractivity contribution in [2.45, 2.75) is 13.5 Å². The molecule has 0 saturated carbocycles. The Balaban J connectivity index is 1.55. The fourth-order valence-corrected chi connectivity index (χ4v) is 3.58. The van der Waals surface area contributed by atoms with Gasteiger partial charge in [0.1, 0.15) is 5.82 Å². The molecule has 0 unspecified atom stereocenters. The average Bonchev–Trinajstić information content (AvgIpc) is 2.87. The van der Waals surface area contributed by atoms with E-state index in [4.69, 9.17) is 9.47 Å². The van der Waals surface area contributed by atoms with Crippen LogP contribution in [0.4, 0.5) is 43.3 Å². The first-order chi connectivity index (χ1) is 17.4. The van der Waals surface area contributed by atoms with Gasteiger partial charge in [0.25, 0.3) is 0 Å². The van der Waals surface area contributed by atoms with Crippen LogP contribution in [-0.2, 0) is 9.53 Å². The van der Waals surface area contributed by atoms with Gasteiger partial charge in [-0.05, 0) is 43.3 Å². The number of carbonyl (C=O) groups excluding carboxylic acids is 1. The van der Waals surface area contributed by atoms with E-state index in [9.17, 15) is 13.6 Å². The number of nitrogens with one attached hydrogen (secondary N) is 3. The van der Waals surface area contributed by atoms with Gasteiger partial charge in [-0.15, -0.1) is 0 Å². The molecule has 0 atom stereocenters. The molecule has 4 rings (SSSR count). The van der Waals surface area contributed by atoms with Gasteiger partial charge < -0.3 is 30.3 Å². The molecule has 1 aliphatic heterocycles. The third-order valence-corrected chi connectivity index (χ3v) is 5.35. The number of carbonyl (C=O) groups is 1. The van der Waals surface area contributed by atoms with Crippen LogP contribution in [0.2, 0.25) is 0 Å². The Hall–Kier alpha value is -4.25. The third kappa shape index (κ3) is 6.45. The smallest absolute Gasteiger partial charge is 0.387 e. The minimum atomic E-state index is -2.99. The molecule has 0 radical (unpaired) electrons. The van der Waals surface area contributed by atoms with Gasteiger partial charge in [-0.2, -0.15) is 13.8 Å². The standard InChI is InChI=1S/C25H26F2N6O3/c1-3-22(34)29-17-5-4-6-18(13-17)30-23-16(2)15-28-25(32-23)31-20-8-7-19(14-21(20)36-24(26)27)33-9-11-35-12-10-33/h3-8,13-15,24H,1,9-12H2,2H3,(H,29,34)(H2,28,30,31,32). The monoisotopic (exact) mass is 496 g/mol. The fraction of sp³-hybridized carbons (Fsp3) is 0.240. The van der Waals surface area contributed by atoms with E-state index >= 15 is 0 Å². The van der Waals surface area contributed by atoms with Crippen molar-refractivity contribution >= 4 is 40.4 Å². The lowest BCUT2D eigenvalue weighted by Crippen LogP contribution is -2.36. The molecular weight excluding hydrogens is 470 g/mol. The van der Waals surface area contributed by atoms with Crippen LogP contribution in [0.1, 0.15) is 5.56 Å². The molecule has 1 aromatic heterocycles. The molecule has 3 N–H and O–H groups in total. The van der Waals surface area contributed by atoms with Crippen LogP contribution in [0.3, 0.4) is 0 Å². The summed E-state index contributed by atoms with van der Waals surface area (Å²) in [6, 6.07) is 12.1. The maximum absolute atomic E-state index is 13.2. The molecule has 0 aliphatic carbocycles. The van der Waals surface area contributed by atoms with Gasteiger partial charge >= 0.3 is 6.61 Å². The number of nitrogens with zero attached hydrogens (tertiary/aromatic N) is 3. The number of morpholine rings is 1. The number of amides is 1. The van der Waals surface area contributed by atoms with Gasteiger partial charge in [-0.3, -0.25) is 4.79 Å². The Morgan fingerprint density at radius 2 is 1.94 bits per heavy atom. The first-order valence-electron chi connectivity index (χ1n) is 11.2. The Morgan fingerprint density at radius 1 is 1.17 bits per heavy atom. The highest BCUT2D eigenvalue weighted by molar-refractivity contribution is 5.99. The van der Waals surface area contributed by atoms with Crippen molar-refractivity contribution in [3.05, 3.63) is 66.9 Å². The second-order valence-corrected chi connectivity index (χ2v) is 7.91. The number of aryl methyl sites for hydroxylation is 1. The summed E-state index contributed by atoms with van der Waals surface area (Å²) in [5, 5.41) is 8.86.